The largest absolute Gasteiger partial charge is 0.342 e. The van der Waals surface area contributed by atoms with Gasteiger partial charge in [0, 0.05) is 43.8 Å². The molecular formula is C25H28ClN3O3. The van der Waals surface area contributed by atoms with E-state index in [9.17, 15) is 14.4 Å². The molecule has 32 heavy (non-hydrogen) atoms. The first kappa shape index (κ1) is 22.3. The molecule has 168 valence electrons. The third-order valence-electron chi connectivity index (χ3n) is 6.34. The number of carbonyl (C=O) groups is 3. The lowest BCUT2D eigenvalue weighted by Gasteiger charge is -2.42. The molecule has 0 saturated carbocycles. The van der Waals surface area contributed by atoms with Crippen LogP contribution in [0.25, 0.3) is 0 Å². The highest BCUT2D eigenvalue weighted by atomic mass is 35.5. The van der Waals surface area contributed by atoms with Crippen molar-refractivity contribution in [3.05, 3.63) is 70.2 Å². The quantitative estimate of drug-likeness (QED) is 0.654. The van der Waals surface area contributed by atoms with E-state index in [2.05, 4.69) is 0 Å². The van der Waals surface area contributed by atoms with Gasteiger partial charge in [0.1, 0.15) is 0 Å². The van der Waals surface area contributed by atoms with Gasteiger partial charge >= 0.3 is 11.8 Å². The van der Waals surface area contributed by atoms with Crippen molar-refractivity contribution in [2.45, 2.75) is 38.8 Å². The lowest BCUT2D eigenvalue weighted by atomic mass is 10.0. The number of piperazine rings is 1. The van der Waals surface area contributed by atoms with Gasteiger partial charge in [-0.2, -0.15) is 0 Å². The second-order valence-electron chi connectivity index (χ2n) is 8.63. The Morgan fingerprint density at radius 2 is 1.66 bits per heavy atom. The first-order valence-corrected chi connectivity index (χ1v) is 11.5. The molecule has 0 radical (unpaired) electrons. The third-order valence-corrected chi connectivity index (χ3v) is 6.57. The molecule has 2 heterocycles. The topological polar surface area (TPSA) is 60.9 Å². The fraction of sp³-hybridized carbons (Fsp3) is 0.400. The van der Waals surface area contributed by atoms with E-state index >= 15 is 0 Å². The molecule has 6 nitrogen and oxygen atoms in total. The summed E-state index contributed by atoms with van der Waals surface area (Å²) in [5.74, 6) is -0.792. The second-order valence-corrected chi connectivity index (χ2v) is 9.07. The van der Waals surface area contributed by atoms with Crippen LogP contribution in [0.5, 0.6) is 0 Å². The number of hydrogen-bond acceptors (Lipinski definition) is 3. The number of nitrogens with zero attached hydrogens (tertiary/aromatic N) is 3. The number of halogens is 1. The Labute approximate surface area is 193 Å². The van der Waals surface area contributed by atoms with Gasteiger partial charge in [-0.1, -0.05) is 53.6 Å². The molecule has 2 aromatic rings. The number of likely N-dealkylation sites (tertiary alicyclic amines) is 1. The molecule has 0 spiro atoms. The molecule has 0 N–H and O–H groups in total. The maximum absolute atomic E-state index is 12.8. The number of hydrogen-bond donors (Lipinski definition) is 0. The monoisotopic (exact) mass is 453 g/mol. The van der Waals surface area contributed by atoms with Crippen LogP contribution in [0.2, 0.25) is 5.02 Å². The van der Waals surface area contributed by atoms with E-state index in [-0.39, 0.29) is 11.9 Å². The van der Waals surface area contributed by atoms with Crippen LogP contribution in [0.15, 0.2) is 48.5 Å². The minimum absolute atomic E-state index is 0.00296. The standard InChI is InChI=1S/C25H28ClN3O3/c1-18-5-7-19(8-6-18)17-28-13-14-29(25(32)24(28)31)22-9-11-27(12-10-22)23(30)16-20-3-2-4-21(26)15-20/h2-8,15,22H,9-14,16-17H2,1H3. The summed E-state index contributed by atoms with van der Waals surface area (Å²) in [5, 5.41) is 0.624. The SMILES string of the molecule is Cc1ccc(CN2CCN(C3CCN(C(=O)Cc4cccc(Cl)c4)CC3)C(=O)C2=O)cc1. The average molecular weight is 454 g/mol. The lowest BCUT2D eigenvalue weighted by Crippen LogP contribution is -2.59. The molecule has 3 amide bonds. The zero-order valence-electron chi connectivity index (χ0n) is 18.3. The first-order valence-electron chi connectivity index (χ1n) is 11.1. The van der Waals surface area contributed by atoms with Crippen LogP contribution in [-0.4, -0.2) is 64.6 Å². The first-order chi connectivity index (χ1) is 15.4. The predicted octanol–water partition coefficient (Wildman–Crippen LogP) is 3.05. The molecule has 0 bridgehead atoms. The van der Waals surface area contributed by atoms with Crippen molar-refractivity contribution in [3.8, 4) is 0 Å². The molecule has 2 aliphatic heterocycles. The van der Waals surface area contributed by atoms with Gasteiger partial charge in [0.2, 0.25) is 5.91 Å². The minimum Gasteiger partial charge on any atom is -0.342 e. The van der Waals surface area contributed by atoms with Crippen LogP contribution < -0.4 is 0 Å². The van der Waals surface area contributed by atoms with E-state index < -0.39 is 11.8 Å². The maximum Gasteiger partial charge on any atom is 0.312 e. The number of carbonyl (C=O) groups excluding carboxylic acids is 3. The van der Waals surface area contributed by atoms with Crippen molar-refractivity contribution in [1.29, 1.82) is 0 Å². The fourth-order valence-corrected chi connectivity index (χ4v) is 4.68. The van der Waals surface area contributed by atoms with Crippen molar-refractivity contribution in [2.75, 3.05) is 26.2 Å². The number of benzene rings is 2. The summed E-state index contributed by atoms with van der Waals surface area (Å²) in [5.41, 5.74) is 3.09. The maximum atomic E-state index is 12.8. The van der Waals surface area contributed by atoms with Gasteiger partial charge in [-0.05, 0) is 43.0 Å². The third kappa shape index (κ3) is 5.13. The number of piperidine rings is 1. The predicted molar refractivity (Wildman–Crippen MR) is 123 cm³/mol. The Bertz CT molecular complexity index is 1000. The van der Waals surface area contributed by atoms with Gasteiger partial charge in [0.15, 0.2) is 0 Å². The van der Waals surface area contributed by atoms with Gasteiger partial charge in [0.05, 0.1) is 6.42 Å². The normalized spacial score (nSPS) is 17.8. The molecule has 2 saturated heterocycles. The number of rotatable bonds is 5. The number of aryl methyl sites for hydroxylation is 1. The van der Waals surface area contributed by atoms with Crippen molar-refractivity contribution in [3.63, 3.8) is 0 Å². The van der Waals surface area contributed by atoms with Crippen LogP contribution in [0.4, 0.5) is 0 Å². The number of amides is 3. The zero-order valence-corrected chi connectivity index (χ0v) is 19.1. The minimum atomic E-state index is -0.434. The highest BCUT2D eigenvalue weighted by molar-refractivity contribution is 6.35. The van der Waals surface area contributed by atoms with Crippen molar-refractivity contribution >= 4 is 29.3 Å². The van der Waals surface area contributed by atoms with Crippen molar-refractivity contribution in [1.82, 2.24) is 14.7 Å². The molecule has 4 rings (SSSR count). The molecule has 2 fully saturated rings. The Morgan fingerprint density at radius 3 is 2.34 bits per heavy atom. The molecule has 2 aliphatic rings. The summed E-state index contributed by atoms with van der Waals surface area (Å²) in [4.78, 5) is 43.4. The Morgan fingerprint density at radius 1 is 0.938 bits per heavy atom. The summed E-state index contributed by atoms with van der Waals surface area (Å²) in [6.07, 6.45) is 1.71. The summed E-state index contributed by atoms with van der Waals surface area (Å²) < 4.78 is 0. The highest BCUT2D eigenvalue weighted by Gasteiger charge is 2.37. The zero-order chi connectivity index (χ0) is 22.7. The molecule has 0 unspecified atom stereocenters. The Balaban J connectivity index is 1.29. The molecule has 0 aliphatic carbocycles. The van der Waals surface area contributed by atoms with Crippen LogP contribution in [0.1, 0.15) is 29.5 Å². The van der Waals surface area contributed by atoms with Crippen LogP contribution in [-0.2, 0) is 27.3 Å². The summed E-state index contributed by atoms with van der Waals surface area (Å²) in [6, 6.07) is 15.4. The van der Waals surface area contributed by atoms with Crippen LogP contribution >= 0.6 is 11.6 Å². The van der Waals surface area contributed by atoms with Gasteiger partial charge < -0.3 is 14.7 Å². The molecule has 7 heteroatoms. The van der Waals surface area contributed by atoms with Gasteiger partial charge in [-0.25, -0.2) is 0 Å². The summed E-state index contributed by atoms with van der Waals surface area (Å²) >= 11 is 6.01. The highest BCUT2D eigenvalue weighted by Crippen LogP contribution is 2.22. The second kappa shape index (κ2) is 9.74. The molecule has 0 atom stereocenters. The summed E-state index contributed by atoms with van der Waals surface area (Å²) in [7, 11) is 0. The van der Waals surface area contributed by atoms with Gasteiger partial charge in [-0.15, -0.1) is 0 Å². The van der Waals surface area contributed by atoms with E-state index in [0.29, 0.717) is 57.0 Å². The van der Waals surface area contributed by atoms with Crippen LogP contribution in [0.3, 0.4) is 0 Å². The van der Waals surface area contributed by atoms with E-state index in [4.69, 9.17) is 11.6 Å². The van der Waals surface area contributed by atoms with Gasteiger partial charge in [-0.3, -0.25) is 14.4 Å². The smallest absolute Gasteiger partial charge is 0.312 e. The lowest BCUT2D eigenvalue weighted by molar-refractivity contribution is -0.159. The molecule has 2 aromatic carbocycles. The van der Waals surface area contributed by atoms with E-state index in [1.54, 1.807) is 15.9 Å². The van der Waals surface area contributed by atoms with Crippen molar-refractivity contribution < 1.29 is 14.4 Å². The van der Waals surface area contributed by atoms with E-state index in [0.717, 1.165) is 11.1 Å². The fourth-order valence-electron chi connectivity index (χ4n) is 4.46. The van der Waals surface area contributed by atoms with E-state index in [1.165, 1.54) is 5.56 Å². The van der Waals surface area contributed by atoms with Crippen LogP contribution in [0, 0.1) is 6.92 Å². The van der Waals surface area contributed by atoms with E-state index in [1.807, 2.05) is 54.3 Å². The Kier molecular flexibility index (Phi) is 6.80. The summed E-state index contributed by atoms with van der Waals surface area (Å²) in [6.45, 7) is 4.73. The molecular weight excluding hydrogens is 426 g/mol. The molecule has 0 aromatic heterocycles. The average Bonchev–Trinajstić information content (AvgIpc) is 2.79. The van der Waals surface area contributed by atoms with Crippen molar-refractivity contribution in [2.24, 2.45) is 0 Å². The Hall–Kier alpha value is -2.86. The van der Waals surface area contributed by atoms with Gasteiger partial charge in [0.25, 0.3) is 0 Å².